The number of aromatic nitrogens is 2. The number of amides is 1. The lowest BCUT2D eigenvalue weighted by Gasteiger charge is -2.27. The number of hydrogen-bond donors (Lipinski definition) is 1. The number of hydrogen-bond acceptors (Lipinski definition) is 6. The third-order valence-electron chi connectivity index (χ3n) is 5.62. The van der Waals surface area contributed by atoms with E-state index in [1.165, 1.54) is 22.8 Å². The SMILES string of the molecule is O=C(CSc1nc2ccccc2c(=O)n1C[C@H]1COc2ccccc2O1)Nc1ccccc1C(F)(F)F. The molecule has 3 aromatic carbocycles. The quantitative estimate of drug-likeness (QED) is 0.281. The number of alkyl halides is 3. The summed E-state index contributed by atoms with van der Waals surface area (Å²) in [6, 6.07) is 18.7. The summed E-state index contributed by atoms with van der Waals surface area (Å²) in [4.78, 5) is 30.5. The smallest absolute Gasteiger partial charge is 0.418 e. The number of carbonyl (C=O) groups excluding carboxylic acids is 1. The van der Waals surface area contributed by atoms with Crippen LogP contribution in [0.15, 0.2) is 82.7 Å². The monoisotopic (exact) mass is 527 g/mol. The Morgan fingerprint density at radius 3 is 2.54 bits per heavy atom. The van der Waals surface area contributed by atoms with Crippen molar-refractivity contribution in [2.45, 2.75) is 24.0 Å². The van der Waals surface area contributed by atoms with Crippen LogP contribution in [0.4, 0.5) is 18.9 Å². The number of rotatable bonds is 6. The highest BCUT2D eigenvalue weighted by atomic mass is 32.2. The zero-order valence-corrected chi connectivity index (χ0v) is 20.0. The second-order valence-corrected chi connectivity index (χ2v) is 9.15. The lowest BCUT2D eigenvalue weighted by molar-refractivity contribution is -0.137. The van der Waals surface area contributed by atoms with Gasteiger partial charge in [-0.1, -0.05) is 48.2 Å². The highest BCUT2D eigenvalue weighted by molar-refractivity contribution is 7.99. The number of para-hydroxylation sites is 4. The lowest BCUT2D eigenvalue weighted by Crippen LogP contribution is -2.37. The van der Waals surface area contributed by atoms with Crippen molar-refractivity contribution in [1.29, 1.82) is 0 Å². The van der Waals surface area contributed by atoms with Crippen LogP contribution in [0.3, 0.4) is 0 Å². The van der Waals surface area contributed by atoms with Crippen LogP contribution in [0.1, 0.15) is 5.56 Å². The van der Waals surface area contributed by atoms with Crippen LogP contribution in [0.2, 0.25) is 0 Å². The minimum absolute atomic E-state index is 0.103. The number of thioether (sulfide) groups is 1. The van der Waals surface area contributed by atoms with E-state index >= 15 is 0 Å². The van der Waals surface area contributed by atoms with Gasteiger partial charge in [-0.3, -0.25) is 14.2 Å². The molecule has 1 amide bonds. The zero-order valence-electron chi connectivity index (χ0n) is 19.2. The van der Waals surface area contributed by atoms with Crippen molar-refractivity contribution < 1.29 is 27.4 Å². The Kier molecular flexibility index (Phi) is 6.79. The molecule has 1 aliphatic heterocycles. The third-order valence-corrected chi connectivity index (χ3v) is 6.60. The van der Waals surface area contributed by atoms with Crippen molar-refractivity contribution >= 4 is 34.3 Å². The second-order valence-electron chi connectivity index (χ2n) is 8.21. The number of nitrogens with one attached hydrogen (secondary N) is 1. The first-order valence-electron chi connectivity index (χ1n) is 11.3. The summed E-state index contributed by atoms with van der Waals surface area (Å²) in [6.45, 7) is 0.307. The largest absolute Gasteiger partial charge is 0.486 e. The number of benzene rings is 3. The van der Waals surface area contributed by atoms with Gasteiger partial charge in [0, 0.05) is 0 Å². The van der Waals surface area contributed by atoms with Crippen molar-refractivity contribution in [2.75, 3.05) is 17.7 Å². The average molecular weight is 528 g/mol. The summed E-state index contributed by atoms with van der Waals surface area (Å²) in [6.07, 6.45) is -5.11. The van der Waals surface area contributed by atoms with E-state index in [4.69, 9.17) is 9.47 Å². The fourth-order valence-corrected chi connectivity index (χ4v) is 4.74. The van der Waals surface area contributed by atoms with E-state index in [1.807, 2.05) is 12.1 Å². The fraction of sp³-hybridized carbons (Fsp3) is 0.192. The van der Waals surface area contributed by atoms with Gasteiger partial charge in [-0.05, 0) is 36.4 Å². The standard InChI is InChI=1S/C26H20F3N3O4S/c27-26(28,29)18-8-2-4-10-20(18)30-23(33)15-37-25-31-19-9-3-1-7-17(19)24(34)32(25)13-16-14-35-21-11-5-6-12-22(21)36-16/h1-12,16H,13-15H2,(H,30,33)/t16-/m0/s1. The van der Waals surface area contributed by atoms with Crippen molar-refractivity contribution in [2.24, 2.45) is 0 Å². The van der Waals surface area contributed by atoms with Crippen LogP contribution >= 0.6 is 11.8 Å². The summed E-state index contributed by atoms with van der Waals surface area (Å²) >= 11 is 0.953. The van der Waals surface area contributed by atoms with E-state index in [-0.39, 0.29) is 35.3 Å². The van der Waals surface area contributed by atoms with Crippen molar-refractivity contribution in [3.8, 4) is 11.5 Å². The van der Waals surface area contributed by atoms with Gasteiger partial charge in [-0.2, -0.15) is 13.2 Å². The van der Waals surface area contributed by atoms with Gasteiger partial charge < -0.3 is 14.8 Å². The van der Waals surface area contributed by atoms with Crippen LogP contribution in [0.5, 0.6) is 11.5 Å². The molecular formula is C26H20F3N3O4S. The maximum Gasteiger partial charge on any atom is 0.418 e. The Labute approximate surface area is 213 Å². The normalized spacial score (nSPS) is 14.9. The molecular weight excluding hydrogens is 507 g/mol. The molecule has 4 aromatic rings. The molecule has 2 heterocycles. The Balaban J connectivity index is 1.38. The number of anilines is 1. The number of fused-ring (bicyclic) bond motifs is 2. The number of ether oxygens (including phenoxy) is 2. The summed E-state index contributed by atoms with van der Waals surface area (Å²) in [5.41, 5.74) is -1.15. The van der Waals surface area contributed by atoms with Crippen molar-refractivity contribution in [3.05, 3.63) is 88.7 Å². The Hall–Kier alpha value is -3.99. The molecule has 0 fully saturated rings. The fourth-order valence-electron chi connectivity index (χ4n) is 3.93. The summed E-state index contributed by atoms with van der Waals surface area (Å²) < 4.78 is 53.0. The molecule has 0 saturated heterocycles. The second kappa shape index (κ2) is 10.2. The highest BCUT2D eigenvalue weighted by Gasteiger charge is 2.33. The average Bonchev–Trinajstić information content (AvgIpc) is 2.89. The number of nitrogens with zero attached hydrogens (tertiary/aromatic N) is 2. The van der Waals surface area contributed by atoms with E-state index in [0.717, 1.165) is 17.8 Å². The summed E-state index contributed by atoms with van der Waals surface area (Å²) in [7, 11) is 0. The molecule has 0 aliphatic carbocycles. The molecule has 7 nitrogen and oxygen atoms in total. The summed E-state index contributed by atoms with van der Waals surface area (Å²) in [5, 5.41) is 2.95. The molecule has 1 atom stereocenters. The van der Waals surface area contributed by atoms with Crippen molar-refractivity contribution in [3.63, 3.8) is 0 Å². The minimum Gasteiger partial charge on any atom is -0.486 e. The Morgan fingerprint density at radius 1 is 1.03 bits per heavy atom. The van der Waals surface area contributed by atoms with Gasteiger partial charge in [0.25, 0.3) is 5.56 Å². The van der Waals surface area contributed by atoms with Gasteiger partial charge in [0.1, 0.15) is 6.61 Å². The van der Waals surface area contributed by atoms with Gasteiger partial charge >= 0.3 is 6.18 Å². The lowest BCUT2D eigenvalue weighted by atomic mass is 10.1. The molecule has 11 heteroatoms. The molecule has 1 N–H and O–H groups in total. The highest BCUT2D eigenvalue weighted by Crippen LogP contribution is 2.35. The molecule has 0 bridgehead atoms. The molecule has 1 aromatic heterocycles. The summed E-state index contributed by atoms with van der Waals surface area (Å²) in [5.74, 6) is 0.231. The maximum absolute atomic E-state index is 13.3. The molecule has 0 saturated carbocycles. The van der Waals surface area contributed by atoms with Gasteiger partial charge in [0.2, 0.25) is 5.91 Å². The number of carbonyl (C=O) groups is 1. The van der Waals surface area contributed by atoms with E-state index < -0.39 is 23.8 Å². The van der Waals surface area contributed by atoms with Crippen LogP contribution < -0.4 is 20.3 Å². The van der Waals surface area contributed by atoms with E-state index in [1.54, 1.807) is 36.4 Å². The van der Waals surface area contributed by atoms with E-state index in [0.29, 0.717) is 22.4 Å². The molecule has 0 radical (unpaired) electrons. The first-order valence-corrected chi connectivity index (χ1v) is 12.2. The van der Waals surface area contributed by atoms with Gasteiger partial charge in [0.05, 0.1) is 34.5 Å². The van der Waals surface area contributed by atoms with Gasteiger partial charge in [0.15, 0.2) is 22.8 Å². The van der Waals surface area contributed by atoms with Crippen LogP contribution in [-0.2, 0) is 17.5 Å². The first-order chi connectivity index (χ1) is 17.8. The van der Waals surface area contributed by atoms with Crippen molar-refractivity contribution in [1.82, 2.24) is 9.55 Å². The molecule has 0 unspecified atom stereocenters. The van der Waals surface area contributed by atoms with E-state index in [2.05, 4.69) is 10.3 Å². The third kappa shape index (κ3) is 5.41. The molecule has 5 rings (SSSR count). The molecule has 37 heavy (non-hydrogen) atoms. The minimum atomic E-state index is -4.61. The topological polar surface area (TPSA) is 82.5 Å². The Morgan fingerprint density at radius 2 is 1.73 bits per heavy atom. The molecule has 190 valence electrons. The number of halogens is 3. The zero-order chi connectivity index (χ0) is 26.0. The van der Waals surface area contributed by atoms with Crippen LogP contribution in [0.25, 0.3) is 10.9 Å². The molecule has 0 spiro atoms. The molecule has 1 aliphatic rings. The van der Waals surface area contributed by atoms with E-state index in [9.17, 15) is 22.8 Å². The predicted octanol–water partition coefficient (Wildman–Crippen LogP) is 4.99. The van der Waals surface area contributed by atoms with Gasteiger partial charge in [-0.15, -0.1) is 0 Å². The van der Waals surface area contributed by atoms with Gasteiger partial charge in [-0.25, -0.2) is 4.98 Å². The predicted molar refractivity (Wildman–Crippen MR) is 133 cm³/mol. The van der Waals surface area contributed by atoms with Crippen LogP contribution in [-0.4, -0.2) is 33.9 Å². The van der Waals surface area contributed by atoms with Crippen LogP contribution in [0, 0.1) is 0 Å². The first kappa shape index (κ1) is 24.7. The Bertz CT molecular complexity index is 1520. The maximum atomic E-state index is 13.3.